The normalized spacial score (nSPS) is 21.4. The maximum atomic E-state index is 5.37. The van der Waals surface area contributed by atoms with Crippen LogP contribution in [0.1, 0.15) is 31.9 Å². The number of nitrogens with zero attached hydrogens (tertiary/aromatic N) is 2. The van der Waals surface area contributed by atoms with Gasteiger partial charge in [-0.2, -0.15) is 0 Å². The van der Waals surface area contributed by atoms with E-state index in [1.807, 2.05) is 12.1 Å². The van der Waals surface area contributed by atoms with Crippen molar-refractivity contribution in [1.29, 1.82) is 0 Å². The molecule has 1 aliphatic rings. The number of rotatable bonds is 4. The summed E-state index contributed by atoms with van der Waals surface area (Å²) in [5.41, 5.74) is 3.69. The van der Waals surface area contributed by atoms with Crippen LogP contribution >= 0.6 is 0 Å². The van der Waals surface area contributed by atoms with Crippen molar-refractivity contribution >= 4 is 5.82 Å². The molecule has 1 aromatic heterocycles. The number of hydrogen-bond donors (Lipinski definition) is 2. The fourth-order valence-electron chi connectivity index (χ4n) is 2.51. The van der Waals surface area contributed by atoms with E-state index in [0.29, 0.717) is 0 Å². The number of aromatic nitrogens is 1. The molecule has 2 rings (SSSR count). The van der Waals surface area contributed by atoms with Gasteiger partial charge in [0.2, 0.25) is 0 Å². The van der Waals surface area contributed by atoms with Gasteiger partial charge >= 0.3 is 0 Å². The number of nitrogens with two attached hydrogens (primary N) is 1. The number of pyridine rings is 1. The molecule has 94 valence electrons. The summed E-state index contributed by atoms with van der Waals surface area (Å²) >= 11 is 0. The first-order chi connectivity index (χ1) is 8.31. The van der Waals surface area contributed by atoms with Crippen LogP contribution in [0.25, 0.3) is 0 Å². The van der Waals surface area contributed by atoms with Gasteiger partial charge in [-0.15, -0.1) is 0 Å². The third kappa shape index (κ3) is 3.41. The van der Waals surface area contributed by atoms with Crippen LogP contribution < -0.4 is 11.3 Å². The van der Waals surface area contributed by atoms with E-state index < -0.39 is 0 Å². The van der Waals surface area contributed by atoms with E-state index in [-0.39, 0.29) is 0 Å². The van der Waals surface area contributed by atoms with Crippen LogP contribution in [0.4, 0.5) is 5.82 Å². The van der Waals surface area contributed by atoms with E-state index in [9.17, 15) is 0 Å². The highest BCUT2D eigenvalue weighted by molar-refractivity contribution is 5.33. The van der Waals surface area contributed by atoms with Crippen molar-refractivity contribution in [2.24, 2.45) is 11.8 Å². The number of hydrogen-bond acceptors (Lipinski definition) is 4. The SMILES string of the molecule is CCC1CCCN(Cc2cccc(NN)n2)C1. The summed E-state index contributed by atoms with van der Waals surface area (Å²) in [5.74, 6) is 6.97. The third-order valence-corrected chi connectivity index (χ3v) is 3.52. The Kier molecular flexibility index (Phi) is 4.34. The topological polar surface area (TPSA) is 54.2 Å². The van der Waals surface area contributed by atoms with Crippen molar-refractivity contribution in [1.82, 2.24) is 9.88 Å². The van der Waals surface area contributed by atoms with E-state index in [4.69, 9.17) is 5.84 Å². The molecule has 4 heteroatoms. The molecule has 17 heavy (non-hydrogen) atoms. The van der Waals surface area contributed by atoms with Gasteiger partial charge in [0.1, 0.15) is 5.82 Å². The summed E-state index contributed by atoms with van der Waals surface area (Å²) in [4.78, 5) is 6.96. The van der Waals surface area contributed by atoms with Crippen molar-refractivity contribution in [2.75, 3.05) is 18.5 Å². The average molecular weight is 234 g/mol. The second-order valence-electron chi connectivity index (χ2n) is 4.81. The molecule has 1 fully saturated rings. The predicted molar refractivity (Wildman–Crippen MR) is 70.3 cm³/mol. The Hall–Kier alpha value is -1.13. The molecule has 0 aliphatic carbocycles. The highest BCUT2D eigenvalue weighted by Gasteiger charge is 2.18. The molecule has 2 heterocycles. The zero-order valence-corrected chi connectivity index (χ0v) is 10.5. The summed E-state index contributed by atoms with van der Waals surface area (Å²) in [7, 11) is 0. The Bertz CT molecular complexity index is 353. The minimum Gasteiger partial charge on any atom is -0.308 e. The fraction of sp³-hybridized carbons (Fsp3) is 0.615. The van der Waals surface area contributed by atoms with E-state index in [2.05, 4.69) is 28.3 Å². The monoisotopic (exact) mass is 234 g/mol. The van der Waals surface area contributed by atoms with Crippen molar-refractivity contribution in [3.8, 4) is 0 Å². The van der Waals surface area contributed by atoms with Crippen LogP contribution in [0.3, 0.4) is 0 Å². The van der Waals surface area contributed by atoms with Gasteiger partial charge in [-0.1, -0.05) is 19.4 Å². The Morgan fingerprint density at radius 2 is 2.41 bits per heavy atom. The number of nitrogens with one attached hydrogen (secondary N) is 1. The van der Waals surface area contributed by atoms with Gasteiger partial charge in [0.25, 0.3) is 0 Å². The Morgan fingerprint density at radius 3 is 3.18 bits per heavy atom. The molecular formula is C13H22N4. The standard InChI is InChI=1S/C13H22N4/c1-2-11-5-4-8-17(9-11)10-12-6-3-7-13(15-12)16-14/h3,6-7,11H,2,4-5,8-10,14H2,1H3,(H,15,16). The molecule has 0 saturated carbocycles. The first-order valence-corrected chi connectivity index (χ1v) is 6.46. The molecule has 1 saturated heterocycles. The molecule has 0 spiro atoms. The largest absolute Gasteiger partial charge is 0.308 e. The Balaban J connectivity index is 1.95. The van der Waals surface area contributed by atoms with Crippen molar-refractivity contribution in [3.63, 3.8) is 0 Å². The number of nitrogen functional groups attached to an aromatic ring is 1. The average Bonchev–Trinajstić information content (AvgIpc) is 2.39. The van der Waals surface area contributed by atoms with E-state index in [1.165, 1.54) is 32.4 Å². The number of piperidine rings is 1. The molecule has 0 amide bonds. The highest BCUT2D eigenvalue weighted by atomic mass is 15.3. The smallest absolute Gasteiger partial charge is 0.140 e. The predicted octanol–water partition coefficient (Wildman–Crippen LogP) is 1.99. The second-order valence-corrected chi connectivity index (χ2v) is 4.81. The Labute approximate surface area is 103 Å². The molecule has 1 aliphatic heterocycles. The zero-order valence-electron chi connectivity index (χ0n) is 10.5. The minimum absolute atomic E-state index is 0.742. The zero-order chi connectivity index (χ0) is 12.1. The molecule has 1 atom stereocenters. The fourth-order valence-corrected chi connectivity index (χ4v) is 2.51. The van der Waals surface area contributed by atoms with Crippen molar-refractivity contribution < 1.29 is 0 Å². The van der Waals surface area contributed by atoms with Crippen LogP contribution in [0.15, 0.2) is 18.2 Å². The van der Waals surface area contributed by atoms with Gasteiger partial charge in [-0.25, -0.2) is 10.8 Å². The van der Waals surface area contributed by atoms with Crippen molar-refractivity contribution in [3.05, 3.63) is 23.9 Å². The minimum atomic E-state index is 0.742. The summed E-state index contributed by atoms with van der Waals surface area (Å²) in [6.07, 6.45) is 3.98. The first-order valence-electron chi connectivity index (χ1n) is 6.46. The molecule has 0 bridgehead atoms. The van der Waals surface area contributed by atoms with E-state index in [1.54, 1.807) is 0 Å². The van der Waals surface area contributed by atoms with Crippen LogP contribution in [0.5, 0.6) is 0 Å². The lowest BCUT2D eigenvalue weighted by Gasteiger charge is -2.31. The third-order valence-electron chi connectivity index (χ3n) is 3.52. The van der Waals surface area contributed by atoms with Crippen LogP contribution in [0, 0.1) is 5.92 Å². The van der Waals surface area contributed by atoms with Gasteiger partial charge in [-0.3, -0.25) is 4.90 Å². The van der Waals surface area contributed by atoms with Gasteiger partial charge in [0, 0.05) is 13.1 Å². The Morgan fingerprint density at radius 1 is 1.53 bits per heavy atom. The number of anilines is 1. The summed E-state index contributed by atoms with van der Waals surface area (Å²) in [6.45, 7) is 5.62. The highest BCUT2D eigenvalue weighted by Crippen LogP contribution is 2.20. The number of hydrazine groups is 1. The molecule has 0 radical (unpaired) electrons. The molecular weight excluding hydrogens is 212 g/mol. The van der Waals surface area contributed by atoms with Crippen LogP contribution in [-0.2, 0) is 6.54 Å². The van der Waals surface area contributed by atoms with Gasteiger partial charge < -0.3 is 5.43 Å². The van der Waals surface area contributed by atoms with E-state index >= 15 is 0 Å². The molecule has 4 nitrogen and oxygen atoms in total. The summed E-state index contributed by atoms with van der Waals surface area (Å²) in [5, 5.41) is 0. The summed E-state index contributed by atoms with van der Waals surface area (Å²) < 4.78 is 0. The van der Waals surface area contributed by atoms with Crippen LogP contribution in [0.2, 0.25) is 0 Å². The number of likely N-dealkylation sites (tertiary alicyclic amines) is 1. The molecule has 3 N–H and O–H groups in total. The lowest BCUT2D eigenvalue weighted by atomic mass is 9.95. The van der Waals surface area contributed by atoms with Gasteiger partial charge in [0.05, 0.1) is 5.69 Å². The maximum Gasteiger partial charge on any atom is 0.140 e. The van der Waals surface area contributed by atoms with Crippen molar-refractivity contribution in [2.45, 2.75) is 32.7 Å². The van der Waals surface area contributed by atoms with Crippen LogP contribution in [-0.4, -0.2) is 23.0 Å². The maximum absolute atomic E-state index is 5.37. The lowest BCUT2D eigenvalue weighted by Crippen LogP contribution is -2.34. The molecule has 1 unspecified atom stereocenters. The molecule has 1 aromatic rings. The second kappa shape index (κ2) is 5.98. The quantitative estimate of drug-likeness (QED) is 0.618. The van der Waals surface area contributed by atoms with Gasteiger partial charge in [-0.05, 0) is 37.4 Å². The molecule has 0 aromatic carbocycles. The summed E-state index contributed by atoms with van der Waals surface area (Å²) in [6, 6.07) is 5.95. The van der Waals surface area contributed by atoms with Gasteiger partial charge in [0.15, 0.2) is 0 Å². The lowest BCUT2D eigenvalue weighted by molar-refractivity contribution is 0.163. The van der Waals surface area contributed by atoms with E-state index in [0.717, 1.165) is 24.0 Å². The first kappa shape index (κ1) is 12.3.